The lowest BCUT2D eigenvalue weighted by atomic mass is 10.1. The van der Waals surface area contributed by atoms with E-state index in [4.69, 9.17) is 0 Å². The van der Waals surface area contributed by atoms with E-state index >= 15 is 0 Å². The van der Waals surface area contributed by atoms with Crippen molar-refractivity contribution in [3.8, 4) is 0 Å². The van der Waals surface area contributed by atoms with E-state index in [9.17, 15) is 8.78 Å². The van der Waals surface area contributed by atoms with Crippen molar-refractivity contribution < 1.29 is 8.78 Å². The molecule has 4 heteroatoms. The number of nitrogens with one attached hydrogen (secondary N) is 1. The zero-order chi connectivity index (χ0) is 13.8. The highest BCUT2D eigenvalue weighted by Gasteiger charge is 2.09. The molecule has 19 heavy (non-hydrogen) atoms. The smallest absolute Gasteiger partial charge is 0.159 e. The van der Waals surface area contributed by atoms with Gasteiger partial charge in [-0.15, -0.1) is 0 Å². The van der Waals surface area contributed by atoms with Crippen LogP contribution in [0.3, 0.4) is 0 Å². The van der Waals surface area contributed by atoms with E-state index in [1.165, 1.54) is 6.07 Å². The average molecular weight is 262 g/mol. The Hall–Kier alpha value is -1.81. The van der Waals surface area contributed by atoms with Crippen LogP contribution in [0.15, 0.2) is 36.5 Å². The number of rotatable bonds is 4. The second kappa shape index (κ2) is 5.89. The maximum Gasteiger partial charge on any atom is 0.159 e. The summed E-state index contributed by atoms with van der Waals surface area (Å²) in [4.78, 5) is 4.28. The Morgan fingerprint density at radius 1 is 1.21 bits per heavy atom. The second-order valence-corrected chi connectivity index (χ2v) is 4.54. The Kier molecular flexibility index (Phi) is 4.22. The zero-order valence-electron chi connectivity index (χ0n) is 11.0. The van der Waals surface area contributed by atoms with Gasteiger partial charge < -0.3 is 5.32 Å². The highest BCUT2D eigenvalue weighted by atomic mass is 19.2. The number of hydrogen-bond donors (Lipinski definition) is 1. The van der Waals surface area contributed by atoms with Crippen molar-refractivity contribution in [3.05, 3.63) is 65.0 Å². The number of hydrogen-bond acceptors (Lipinski definition) is 2. The molecule has 2 aromatic rings. The minimum absolute atomic E-state index is 0.0727. The van der Waals surface area contributed by atoms with Gasteiger partial charge in [-0.2, -0.15) is 0 Å². The molecule has 100 valence electrons. The van der Waals surface area contributed by atoms with Crippen molar-refractivity contribution in [1.29, 1.82) is 0 Å². The molecule has 1 heterocycles. The maximum atomic E-state index is 13.2. The average Bonchev–Trinajstić information content (AvgIpc) is 2.40. The summed E-state index contributed by atoms with van der Waals surface area (Å²) in [5, 5.41) is 3.25. The first-order valence-electron chi connectivity index (χ1n) is 6.16. The molecule has 2 nitrogen and oxygen atoms in total. The van der Waals surface area contributed by atoms with Crippen LogP contribution in [0.4, 0.5) is 8.78 Å². The van der Waals surface area contributed by atoms with Crippen LogP contribution >= 0.6 is 0 Å². The monoisotopic (exact) mass is 262 g/mol. The molecule has 0 bridgehead atoms. The van der Waals surface area contributed by atoms with Crippen LogP contribution in [0.25, 0.3) is 0 Å². The standard InChI is InChI=1S/C15H16F2N2/c1-10-4-3-7-18-15(10)9-19-11(2)12-5-6-13(16)14(17)8-12/h3-8,11,19H,9H2,1-2H3. The van der Waals surface area contributed by atoms with Gasteiger partial charge in [0, 0.05) is 18.8 Å². The summed E-state index contributed by atoms with van der Waals surface area (Å²) in [5.74, 6) is -1.64. The SMILES string of the molecule is Cc1cccnc1CNC(C)c1ccc(F)c(F)c1. The fourth-order valence-electron chi connectivity index (χ4n) is 1.85. The molecule has 0 saturated carbocycles. The highest BCUT2D eigenvalue weighted by molar-refractivity contribution is 5.22. The van der Waals surface area contributed by atoms with Crippen molar-refractivity contribution in [2.24, 2.45) is 0 Å². The number of aryl methyl sites for hydroxylation is 1. The van der Waals surface area contributed by atoms with E-state index in [1.54, 1.807) is 12.3 Å². The third-order valence-electron chi connectivity index (χ3n) is 3.14. The van der Waals surface area contributed by atoms with Crippen LogP contribution in [0.2, 0.25) is 0 Å². The van der Waals surface area contributed by atoms with Gasteiger partial charge in [-0.05, 0) is 43.2 Å². The fourth-order valence-corrected chi connectivity index (χ4v) is 1.85. The van der Waals surface area contributed by atoms with Crippen molar-refractivity contribution >= 4 is 0 Å². The summed E-state index contributed by atoms with van der Waals surface area (Å²) >= 11 is 0. The van der Waals surface area contributed by atoms with Gasteiger partial charge in [-0.25, -0.2) is 8.78 Å². The zero-order valence-corrected chi connectivity index (χ0v) is 11.0. The van der Waals surface area contributed by atoms with Gasteiger partial charge >= 0.3 is 0 Å². The molecule has 0 aliphatic carbocycles. The molecular formula is C15H16F2N2. The Bertz CT molecular complexity index is 570. The summed E-state index contributed by atoms with van der Waals surface area (Å²) in [6, 6.07) is 7.76. The van der Waals surface area contributed by atoms with E-state index in [-0.39, 0.29) is 6.04 Å². The maximum absolute atomic E-state index is 13.2. The van der Waals surface area contributed by atoms with Crippen molar-refractivity contribution in [3.63, 3.8) is 0 Å². The van der Waals surface area contributed by atoms with E-state index < -0.39 is 11.6 Å². The largest absolute Gasteiger partial charge is 0.305 e. The lowest BCUT2D eigenvalue weighted by Gasteiger charge is -2.15. The summed E-state index contributed by atoms with van der Waals surface area (Å²) in [7, 11) is 0. The highest BCUT2D eigenvalue weighted by Crippen LogP contribution is 2.16. The van der Waals surface area contributed by atoms with Crippen LogP contribution in [0.1, 0.15) is 29.8 Å². The quantitative estimate of drug-likeness (QED) is 0.912. The minimum Gasteiger partial charge on any atom is -0.305 e. The van der Waals surface area contributed by atoms with E-state index in [0.29, 0.717) is 12.1 Å². The fraction of sp³-hybridized carbons (Fsp3) is 0.267. The number of benzene rings is 1. The molecule has 0 fully saturated rings. The predicted molar refractivity (Wildman–Crippen MR) is 70.6 cm³/mol. The van der Waals surface area contributed by atoms with Crippen molar-refractivity contribution in [2.75, 3.05) is 0 Å². The normalized spacial score (nSPS) is 12.4. The van der Waals surface area contributed by atoms with Crippen LogP contribution in [-0.2, 0) is 6.54 Å². The van der Waals surface area contributed by atoms with Gasteiger partial charge in [0.25, 0.3) is 0 Å². The minimum atomic E-state index is -0.823. The first-order valence-corrected chi connectivity index (χ1v) is 6.16. The van der Waals surface area contributed by atoms with E-state index in [2.05, 4.69) is 10.3 Å². The summed E-state index contributed by atoms with van der Waals surface area (Å²) in [6.07, 6.45) is 1.74. The third-order valence-corrected chi connectivity index (χ3v) is 3.14. The van der Waals surface area contributed by atoms with Crippen molar-refractivity contribution in [1.82, 2.24) is 10.3 Å². The molecule has 0 saturated heterocycles. The number of nitrogens with zero attached hydrogens (tertiary/aromatic N) is 1. The summed E-state index contributed by atoms with van der Waals surface area (Å²) in [5.41, 5.74) is 2.77. The predicted octanol–water partition coefficient (Wildman–Crippen LogP) is 3.52. The topological polar surface area (TPSA) is 24.9 Å². The third kappa shape index (κ3) is 3.35. The van der Waals surface area contributed by atoms with E-state index in [0.717, 1.165) is 17.3 Å². The second-order valence-electron chi connectivity index (χ2n) is 4.54. The summed E-state index contributed by atoms with van der Waals surface area (Å²) in [6.45, 7) is 4.49. The Morgan fingerprint density at radius 2 is 2.00 bits per heavy atom. The summed E-state index contributed by atoms with van der Waals surface area (Å²) < 4.78 is 26.0. The van der Waals surface area contributed by atoms with Crippen LogP contribution in [0, 0.1) is 18.6 Å². The first kappa shape index (κ1) is 13.6. The number of halogens is 2. The Morgan fingerprint density at radius 3 is 2.68 bits per heavy atom. The molecule has 0 aliphatic rings. The van der Waals surface area contributed by atoms with Crippen LogP contribution in [0.5, 0.6) is 0 Å². The van der Waals surface area contributed by atoms with Gasteiger partial charge in [-0.3, -0.25) is 4.98 Å². The molecule has 0 amide bonds. The number of aromatic nitrogens is 1. The molecule has 1 aromatic carbocycles. The lowest BCUT2D eigenvalue weighted by molar-refractivity contribution is 0.500. The van der Waals surface area contributed by atoms with Crippen LogP contribution < -0.4 is 5.32 Å². The molecule has 0 spiro atoms. The Balaban J connectivity index is 2.03. The molecule has 1 unspecified atom stereocenters. The van der Waals surface area contributed by atoms with Gasteiger partial charge in [0.05, 0.1) is 5.69 Å². The van der Waals surface area contributed by atoms with Crippen molar-refractivity contribution in [2.45, 2.75) is 26.4 Å². The van der Waals surface area contributed by atoms with E-state index in [1.807, 2.05) is 26.0 Å². The molecule has 1 N–H and O–H groups in total. The van der Waals surface area contributed by atoms with Crippen LogP contribution in [-0.4, -0.2) is 4.98 Å². The van der Waals surface area contributed by atoms with Gasteiger partial charge in [0.1, 0.15) is 0 Å². The molecule has 1 atom stereocenters. The molecule has 0 radical (unpaired) electrons. The molecule has 0 aliphatic heterocycles. The molecule has 2 rings (SSSR count). The first-order chi connectivity index (χ1) is 9.08. The Labute approximate surface area is 111 Å². The van der Waals surface area contributed by atoms with Gasteiger partial charge in [0.2, 0.25) is 0 Å². The number of pyridine rings is 1. The van der Waals surface area contributed by atoms with Gasteiger partial charge in [-0.1, -0.05) is 12.1 Å². The van der Waals surface area contributed by atoms with Gasteiger partial charge in [0.15, 0.2) is 11.6 Å². The molecular weight excluding hydrogens is 246 g/mol. The molecule has 1 aromatic heterocycles. The lowest BCUT2D eigenvalue weighted by Crippen LogP contribution is -2.19.